The van der Waals surface area contributed by atoms with Crippen molar-refractivity contribution in [3.63, 3.8) is 0 Å². The highest BCUT2D eigenvalue weighted by Crippen LogP contribution is 2.24. The molecule has 2 rings (SSSR count). The van der Waals surface area contributed by atoms with Gasteiger partial charge >= 0.3 is 0 Å². The van der Waals surface area contributed by atoms with E-state index in [-0.39, 0.29) is 17.9 Å². The Hall–Kier alpha value is -0.870. The van der Waals surface area contributed by atoms with E-state index in [4.69, 9.17) is 4.74 Å². The van der Waals surface area contributed by atoms with Gasteiger partial charge in [0, 0.05) is 16.8 Å². The normalized spacial score (nSPS) is 23.7. The lowest BCUT2D eigenvalue weighted by Gasteiger charge is -2.14. The number of hydrogen-bond acceptors (Lipinski definition) is 2. The molecule has 2 unspecified atom stereocenters. The van der Waals surface area contributed by atoms with Gasteiger partial charge in [0.15, 0.2) is 0 Å². The van der Waals surface area contributed by atoms with Gasteiger partial charge in [0.2, 0.25) is 5.91 Å². The van der Waals surface area contributed by atoms with Crippen LogP contribution in [0.5, 0.6) is 0 Å². The number of rotatable bonds is 2. The lowest BCUT2D eigenvalue weighted by molar-refractivity contribution is -0.121. The number of halogens is 1. The number of carbonyl (C=O) groups is 1. The molecule has 1 heterocycles. The van der Waals surface area contributed by atoms with Gasteiger partial charge in [-0.15, -0.1) is 0 Å². The second kappa shape index (κ2) is 5.19. The summed E-state index contributed by atoms with van der Waals surface area (Å²) >= 11 is 3.42. The fourth-order valence-corrected chi connectivity index (χ4v) is 2.73. The summed E-state index contributed by atoms with van der Waals surface area (Å²) < 4.78 is 6.38. The molecule has 1 aliphatic rings. The number of aryl methyl sites for hydroxylation is 1. The van der Waals surface area contributed by atoms with E-state index in [1.54, 1.807) is 0 Å². The van der Waals surface area contributed by atoms with Crippen LogP contribution in [0.25, 0.3) is 0 Å². The summed E-state index contributed by atoms with van der Waals surface area (Å²) in [5, 5.41) is 2.95. The summed E-state index contributed by atoms with van der Waals surface area (Å²) in [5.41, 5.74) is 1.95. The zero-order valence-electron chi connectivity index (χ0n) is 10.00. The van der Waals surface area contributed by atoms with Crippen molar-refractivity contribution in [1.29, 1.82) is 0 Å². The zero-order chi connectivity index (χ0) is 12.4. The van der Waals surface area contributed by atoms with E-state index in [1.807, 2.05) is 32.0 Å². The van der Waals surface area contributed by atoms with Gasteiger partial charge in [0.05, 0.1) is 12.0 Å². The van der Waals surface area contributed by atoms with Crippen LogP contribution in [0.1, 0.15) is 18.9 Å². The van der Waals surface area contributed by atoms with E-state index in [2.05, 4.69) is 21.2 Å². The molecule has 1 saturated heterocycles. The molecule has 1 amide bonds. The summed E-state index contributed by atoms with van der Waals surface area (Å²) in [6, 6.07) is 5.88. The molecule has 2 atom stereocenters. The molecule has 0 aliphatic carbocycles. The van der Waals surface area contributed by atoms with E-state index in [0.717, 1.165) is 22.1 Å². The number of anilines is 1. The molecule has 0 radical (unpaired) electrons. The topological polar surface area (TPSA) is 38.3 Å². The molecule has 1 aromatic carbocycles. The van der Waals surface area contributed by atoms with E-state index in [9.17, 15) is 4.79 Å². The van der Waals surface area contributed by atoms with E-state index in [1.165, 1.54) is 0 Å². The molecule has 1 aliphatic heterocycles. The van der Waals surface area contributed by atoms with Gasteiger partial charge in [-0.3, -0.25) is 4.79 Å². The largest absolute Gasteiger partial charge is 0.378 e. The van der Waals surface area contributed by atoms with Crippen LogP contribution in [0.3, 0.4) is 0 Å². The van der Waals surface area contributed by atoms with Gasteiger partial charge in [-0.25, -0.2) is 0 Å². The van der Waals surface area contributed by atoms with Gasteiger partial charge < -0.3 is 10.1 Å². The lowest BCUT2D eigenvalue weighted by Crippen LogP contribution is -2.27. The predicted octanol–water partition coefficient (Wildman–Crippen LogP) is 3.12. The minimum Gasteiger partial charge on any atom is -0.378 e. The molecule has 1 aromatic rings. The molecule has 17 heavy (non-hydrogen) atoms. The van der Waals surface area contributed by atoms with Gasteiger partial charge in [-0.1, -0.05) is 15.9 Å². The van der Waals surface area contributed by atoms with Crippen LogP contribution in [-0.4, -0.2) is 18.6 Å². The Labute approximate surface area is 110 Å². The summed E-state index contributed by atoms with van der Waals surface area (Å²) in [5.74, 6) is 0.0155. The maximum absolute atomic E-state index is 12.0. The van der Waals surface area contributed by atoms with Gasteiger partial charge in [0.1, 0.15) is 0 Å². The Balaban J connectivity index is 2.07. The van der Waals surface area contributed by atoms with Crippen molar-refractivity contribution in [2.24, 2.45) is 5.92 Å². The van der Waals surface area contributed by atoms with E-state index in [0.29, 0.717) is 6.61 Å². The third-order valence-electron chi connectivity index (χ3n) is 3.02. The lowest BCUT2D eigenvalue weighted by atomic mass is 10.0. The van der Waals surface area contributed by atoms with Crippen molar-refractivity contribution in [3.8, 4) is 0 Å². The molecule has 0 bridgehead atoms. The second-order valence-corrected chi connectivity index (χ2v) is 5.39. The van der Waals surface area contributed by atoms with E-state index < -0.39 is 0 Å². The standard InChI is InChI=1S/C13H16BrNO2/c1-8-5-10(14)7-11(6-8)15-13(16)12-3-4-17-9(12)2/h5-7,9,12H,3-4H2,1-2H3,(H,15,16). The van der Waals surface area contributed by atoms with Gasteiger partial charge in [-0.2, -0.15) is 0 Å². The minimum absolute atomic E-state index is 0.0169. The Kier molecular flexibility index (Phi) is 3.84. The monoisotopic (exact) mass is 297 g/mol. The molecule has 92 valence electrons. The van der Waals surface area contributed by atoms with Crippen LogP contribution in [0, 0.1) is 12.8 Å². The molecule has 0 aromatic heterocycles. The predicted molar refractivity (Wildman–Crippen MR) is 71.0 cm³/mol. The number of nitrogens with one attached hydrogen (secondary N) is 1. The molecular weight excluding hydrogens is 282 g/mol. The summed E-state index contributed by atoms with van der Waals surface area (Å²) in [6.07, 6.45) is 0.822. The van der Waals surface area contributed by atoms with Crippen molar-refractivity contribution < 1.29 is 9.53 Å². The number of amides is 1. The van der Waals surface area contributed by atoms with Crippen molar-refractivity contribution in [2.45, 2.75) is 26.4 Å². The van der Waals surface area contributed by atoms with Gasteiger partial charge in [-0.05, 0) is 44.0 Å². The van der Waals surface area contributed by atoms with Crippen LogP contribution < -0.4 is 5.32 Å². The number of hydrogen-bond donors (Lipinski definition) is 1. The van der Waals surface area contributed by atoms with Crippen LogP contribution in [0.2, 0.25) is 0 Å². The Morgan fingerprint density at radius 2 is 2.24 bits per heavy atom. The molecular formula is C13H16BrNO2. The fourth-order valence-electron chi connectivity index (χ4n) is 2.12. The van der Waals surface area contributed by atoms with Crippen LogP contribution >= 0.6 is 15.9 Å². The highest BCUT2D eigenvalue weighted by atomic mass is 79.9. The zero-order valence-corrected chi connectivity index (χ0v) is 11.6. The molecule has 0 saturated carbocycles. The average Bonchev–Trinajstić information content (AvgIpc) is 2.62. The van der Waals surface area contributed by atoms with Crippen molar-refractivity contribution in [2.75, 3.05) is 11.9 Å². The molecule has 1 fully saturated rings. The van der Waals surface area contributed by atoms with Gasteiger partial charge in [0.25, 0.3) is 0 Å². The minimum atomic E-state index is -0.0331. The van der Waals surface area contributed by atoms with Crippen LogP contribution in [0.15, 0.2) is 22.7 Å². The van der Waals surface area contributed by atoms with Crippen molar-refractivity contribution in [1.82, 2.24) is 0 Å². The SMILES string of the molecule is Cc1cc(Br)cc(NC(=O)C2CCOC2C)c1. The fraction of sp³-hybridized carbons (Fsp3) is 0.462. The number of benzene rings is 1. The van der Waals surface area contributed by atoms with Crippen molar-refractivity contribution in [3.05, 3.63) is 28.2 Å². The van der Waals surface area contributed by atoms with Crippen molar-refractivity contribution >= 4 is 27.5 Å². The van der Waals surface area contributed by atoms with E-state index >= 15 is 0 Å². The first kappa shape index (κ1) is 12.6. The number of carbonyl (C=O) groups excluding carboxylic acids is 1. The third-order valence-corrected chi connectivity index (χ3v) is 3.48. The van der Waals surface area contributed by atoms with Crippen LogP contribution in [0.4, 0.5) is 5.69 Å². The molecule has 0 spiro atoms. The Morgan fingerprint density at radius 1 is 1.47 bits per heavy atom. The highest BCUT2D eigenvalue weighted by molar-refractivity contribution is 9.10. The quantitative estimate of drug-likeness (QED) is 0.911. The maximum Gasteiger partial charge on any atom is 0.230 e. The molecule has 1 N–H and O–H groups in total. The summed E-state index contributed by atoms with van der Waals surface area (Å²) in [6.45, 7) is 4.63. The number of ether oxygens (including phenoxy) is 1. The van der Waals surface area contributed by atoms with Crippen LogP contribution in [-0.2, 0) is 9.53 Å². The first-order valence-electron chi connectivity index (χ1n) is 5.76. The third kappa shape index (κ3) is 3.07. The summed E-state index contributed by atoms with van der Waals surface area (Å²) in [7, 11) is 0. The Bertz CT molecular complexity index is 413. The highest BCUT2D eigenvalue weighted by Gasteiger charge is 2.30. The summed E-state index contributed by atoms with van der Waals surface area (Å²) in [4.78, 5) is 12.0. The molecule has 4 heteroatoms. The second-order valence-electron chi connectivity index (χ2n) is 4.48. The first-order chi connectivity index (χ1) is 8.06. The maximum atomic E-state index is 12.0. The Morgan fingerprint density at radius 3 is 2.82 bits per heavy atom. The molecule has 3 nitrogen and oxygen atoms in total. The average molecular weight is 298 g/mol. The smallest absolute Gasteiger partial charge is 0.230 e. The first-order valence-corrected chi connectivity index (χ1v) is 6.55.